The molecule has 0 saturated carbocycles. The zero-order valence-electron chi connectivity index (χ0n) is 19.2. The third kappa shape index (κ3) is 4.32. The van der Waals surface area contributed by atoms with Crippen LogP contribution in [0.25, 0.3) is 21.5 Å². The van der Waals surface area contributed by atoms with Gasteiger partial charge in [0.2, 0.25) is 0 Å². The first-order chi connectivity index (χ1) is 16.7. The smallest absolute Gasteiger partial charge is 0.264 e. The molecule has 4 rings (SSSR count). The molecule has 2 N–H and O–H groups in total. The van der Waals surface area contributed by atoms with Gasteiger partial charge in [-0.15, -0.1) is 11.3 Å². The van der Waals surface area contributed by atoms with Crippen LogP contribution in [-0.2, 0) is 10.0 Å². The number of nitrogens with one attached hydrogen (secondary N) is 1. The van der Waals surface area contributed by atoms with Crippen molar-refractivity contribution in [2.75, 3.05) is 10.8 Å². The van der Waals surface area contributed by atoms with Crippen molar-refractivity contribution in [2.45, 2.75) is 25.7 Å². The predicted octanol–water partition coefficient (Wildman–Crippen LogP) is 4.77. The fourth-order valence-electron chi connectivity index (χ4n) is 3.75. The Hall–Kier alpha value is -3.94. The van der Waals surface area contributed by atoms with Crippen LogP contribution in [0.5, 0.6) is 0 Å². The highest BCUT2D eigenvalue weighted by atomic mass is 32.2. The number of hydrogen-bond donors (Lipinski definition) is 2. The predicted molar refractivity (Wildman–Crippen MR) is 138 cm³/mol. The molecule has 2 heterocycles. The van der Waals surface area contributed by atoms with E-state index in [2.05, 4.69) is 9.97 Å². The van der Waals surface area contributed by atoms with Gasteiger partial charge in [0.1, 0.15) is 22.2 Å². The van der Waals surface area contributed by atoms with E-state index in [1.54, 1.807) is 37.3 Å². The van der Waals surface area contributed by atoms with Crippen LogP contribution in [0.2, 0.25) is 0 Å². The molecule has 0 aliphatic heterocycles. The Kier molecular flexibility index (Phi) is 6.47. The highest BCUT2D eigenvalue weighted by Crippen LogP contribution is 2.30. The van der Waals surface area contributed by atoms with Crippen molar-refractivity contribution in [1.82, 2.24) is 9.97 Å². The maximum Gasteiger partial charge on any atom is 0.264 e. The normalized spacial score (nSPS) is 12.3. The number of para-hydroxylation sites is 1. The van der Waals surface area contributed by atoms with E-state index in [1.807, 2.05) is 19.9 Å². The molecule has 178 valence electrons. The SMILES string of the molecule is CCN(c1ccccc1)S(=O)(=O)c1cccc(/C(O)=C(/C#N)c2nc3sc(C)c(C)c3c(=O)[nH]2)c1. The number of aryl methyl sites for hydroxylation is 2. The van der Waals surface area contributed by atoms with Gasteiger partial charge in [0, 0.05) is 17.0 Å². The van der Waals surface area contributed by atoms with E-state index in [-0.39, 0.29) is 28.4 Å². The number of aliphatic hydroxyl groups excluding tert-OH is 1. The molecule has 0 radical (unpaired) electrons. The summed E-state index contributed by atoms with van der Waals surface area (Å²) in [6.45, 7) is 5.63. The van der Waals surface area contributed by atoms with E-state index in [0.29, 0.717) is 15.9 Å². The molecule has 0 saturated heterocycles. The molecular weight excluding hydrogens is 484 g/mol. The minimum atomic E-state index is -3.95. The number of H-pyrrole nitrogens is 1. The Morgan fingerprint density at radius 1 is 1.17 bits per heavy atom. The fourth-order valence-corrected chi connectivity index (χ4v) is 6.30. The fraction of sp³-hybridized carbons (Fsp3) is 0.160. The Labute approximate surface area is 206 Å². The summed E-state index contributed by atoms with van der Waals surface area (Å²) in [4.78, 5) is 20.9. The summed E-state index contributed by atoms with van der Waals surface area (Å²) in [5.74, 6) is -0.573. The number of nitriles is 1. The van der Waals surface area contributed by atoms with Gasteiger partial charge in [0.05, 0.1) is 16.0 Å². The summed E-state index contributed by atoms with van der Waals surface area (Å²) in [7, 11) is -3.95. The lowest BCUT2D eigenvalue weighted by Crippen LogP contribution is -2.30. The highest BCUT2D eigenvalue weighted by Gasteiger charge is 2.25. The summed E-state index contributed by atoms with van der Waals surface area (Å²) in [6.07, 6.45) is 0. The van der Waals surface area contributed by atoms with Crippen LogP contribution in [0.4, 0.5) is 5.69 Å². The van der Waals surface area contributed by atoms with E-state index in [9.17, 15) is 23.6 Å². The second-order valence-corrected chi connectivity index (χ2v) is 10.8. The van der Waals surface area contributed by atoms with Gasteiger partial charge in [-0.1, -0.05) is 30.3 Å². The molecule has 2 aromatic carbocycles. The number of rotatable bonds is 6. The van der Waals surface area contributed by atoms with Gasteiger partial charge in [0.25, 0.3) is 15.6 Å². The van der Waals surface area contributed by atoms with Crippen LogP contribution >= 0.6 is 11.3 Å². The second kappa shape index (κ2) is 9.37. The quantitative estimate of drug-likeness (QED) is 0.287. The number of allylic oxidation sites excluding steroid dienone is 1. The first-order valence-electron chi connectivity index (χ1n) is 10.7. The first kappa shape index (κ1) is 24.2. The van der Waals surface area contributed by atoms with Crippen molar-refractivity contribution in [3.05, 3.63) is 86.8 Å². The lowest BCUT2D eigenvalue weighted by molar-refractivity contribution is 0.513. The minimum absolute atomic E-state index is 0.0500. The molecule has 0 aliphatic rings. The summed E-state index contributed by atoms with van der Waals surface area (Å²) >= 11 is 1.32. The zero-order chi connectivity index (χ0) is 25.3. The third-order valence-electron chi connectivity index (χ3n) is 5.65. The molecular formula is C25H22N4O4S2. The van der Waals surface area contributed by atoms with Gasteiger partial charge < -0.3 is 10.1 Å². The summed E-state index contributed by atoms with van der Waals surface area (Å²) in [6, 6.07) is 16.3. The molecule has 2 aromatic heterocycles. The summed E-state index contributed by atoms with van der Waals surface area (Å²) in [5, 5.41) is 21.2. The Balaban J connectivity index is 1.82. The number of fused-ring (bicyclic) bond motifs is 1. The van der Waals surface area contributed by atoms with Crippen molar-refractivity contribution < 1.29 is 13.5 Å². The first-order valence-corrected chi connectivity index (χ1v) is 13.0. The highest BCUT2D eigenvalue weighted by molar-refractivity contribution is 7.92. The van der Waals surface area contributed by atoms with Gasteiger partial charge in [-0.05, 0) is 50.6 Å². The average Bonchev–Trinajstić information content (AvgIpc) is 3.14. The number of aliphatic hydroxyl groups is 1. The topological polar surface area (TPSA) is 127 Å². The van der Waals surface area contributed by atoms with Gasteiger partial charge in [-0.2, -0.15) is 5.26 Å². The monoisotopic (exact) mass is 506 g/mol. The van der Waals surface area contributed by atoms with Gasteiger partial charge >= 0.3 is 0 Å². The molecule has 0 spiro atoms. The molecule has 4 aromatic rings. The molecule has 0 bridgehead atoms. The lowest BCUT2D eigenvalue weighted by Gasteiger charge is -2.23. The third-order valence-corrected chi connectivity index (χ3v) is 8.65. The maximum absolute atomic E-state index is 13.4. The molecule has 0 amide bonds. The van der Waals surface area contributed by atoms with Crippen LogP contribution in [0.3, 0.4) is 0 Å². The molecule has 0 aliphatic carbocycles. The van der Waals surface area contributed by atoms with Crippen molar-refractivity contribution in [1.29, 1.82) is 5.26 Å². The number of aromatic amines is 1. The van der Waals surface area contributed by atoms with Crippen LogP contribution in [0.15, 0.2) is 64.3 Å². The lowest BCUT2D eigenvalue weighted by atomic mass is 10.1. The van der Waals surface area contributed by atoms with E-state index < -0.39 is 21.3 Å². The van der Waals surface area contributed by atoms with Crippen LogP contribution < -0.4 is 9.86 Å². The summed E-state index contributed by atoms with van der Waals surface area (Å²) in [5.41, 5.74) is 0.749. The average molecular weight is 507 g/mol. The molecule has 8 nitrogen and oxygen atoms in total. The van der Waals surface area contributed by atoms with Crippen molar-refractivity contribution in [3.63, 3.8) is 0 Å². The summed E-state index contributed by atoms with van der Waals surface area (Å²) < 4.78 is 28.0. The molecule has 0 unspecified atom stereocenters. The van der Waals surface area contributed by atoms with E-state index in [1.165, 1.54) is 39.9 Å². The van der Waals surface area contributed by atoms with E-state index in [0.717, 1.165) is 10.4 Å². The standard InChI is InChI=1S/C25H22N4O4S2/c1-4-29(18-10-6-5-7-11-18)35(32,33)19-12-8-9-17(13-19)22(30)20(14-26)23-27-24(31)21-15(2)16(3)34-25(21)28-23/h5-13,30H,4H2,1-3H3,(H,27,28,31)/b22-20+. The minimum Gasteiger partial charge on any atom is -0.506 e. The number of aromatic nitrogens is 2. The Morgan fingerprint density at radius 2 is 1.89 bits per heavy atom. The zero-order valence-corrected chi connectivity index (χ0v) is 20.9. The number of nitrogens with zero attached hydrogens (tertiary/aromatic N) is 3. The van der Waals surface area contributed by atoms with Gasteiger partial charge in [-0.3, -0.25) is 9.10 Å². The second-order valence-electron chi connectivity index (χ2n) is 7.75. The largest absolute Gasteiger partial charge is 0.506 e. The van der Waals surface area contributed by atoms with E-state index >= 15 is 0 Å². The van der Waals surface area contributed by atoms with E-state index in [4.69, 9.17) is 0 Å². The van der Waals surface area contributed by atoms with Gasteiger partial charge in [0.15, 0.2) is 5.82 Å². The maximum atomic E-state index is 13.4. The molecule has 0 atom stereocenters. The van der Waals surface area contributed by atoms with Crippen LogP contribution in [-0.4, -0.2) is 30.0 Å². The number of thiophene rings is 1. The van der Waals surface area contributed by atoms with Crippen molar-refractivity contribution in [3.8, 4) is 6.07 Å². The van der Waals surface area contributed by atoms with Crippen molar-refractivity contribution in [2.24, 2.45) is 0 Å². The number of benzene rings is 2. The molecule has 0 fully saturated rings. The molecule has 10 heteroatoms. The number of sulfonamides is 1. The van der Waals surface area contributed by atoms with Crippen molar-refractivity contribution >= 4 is 48.6 Å². The number of hydrogen-bond acceptors (Lipinski definition) is 7. The molecule has 35 heavy (non-hydrogen) atoms. The van der Waals surface area contributed by atoms with Gasteiger partial charge in [-0.25, -0.2) is 13.4 Å². The van der Waals surface area contributed by atoms with Crippen LogP contribution in [0.1, 0.15) is 28.8 Å². The van der Waals surface area contributed by atoms with Crippen LogP contribution in [0, 0.1) is 25.2 Å². The Morgan fingerprint density at radius 3 is 2.54 bits per heavy atom. The number of anilines is 1. The Bertz CT molecular complexity index is 1660.